The van der Waals surface area contributed by atoms with Crippen LogP contribution in [0.3, 0.4) is 0 Å². The number of aliphatic hydroxyl groups is 1. The van der Waals surface area contributed by atoms with Gasteiger partial charge < -0.3 is 48.7 Å². The number of carboxylic acids is 1. The summed E-state index contributed by atoms with van der Waals surface area (Å²) in [5.74, 6) is -3.38. The molecule has 0 aromatic heterocycles. The fourth-order valence-electron chi connectivity index (χ4n) is 6.82. The average molecular weight is 854 g/mol. The molecule has 2 aliphatic heterocycles. The molecule has 3 N–H and O–H groups in total. The summed E-state index contributed by atoms with van der Waals surface area (Å²) in [6, 6.07) is 21.5. The van der Waals surface area contributed by atoms with Crippen LogP contribution in [0.25, 0.3) is 0 Å². The maximum atomic E-state index is 12.3. The van der Waals surface area contributed by atoms with E-state index in [1.165, 1.54) is 25.6 Å². The SMILES string of the molecule is CC(=O)OC[C@H]1O[C@@H](CC(=S)Nc2cccc(C3O[C@H](CSc4ccc(C(=O)O)cc4)[C@H](C)[C@H](c4ccc(CO)cc4)O3)c2)[C@H](OC(C)=O)[C@@H](OC(C)=O)[C@@H]1OC(C)=O. The molecule has 0 amide bonds. The number of hydrogen-bond acceptors (Lipinski definition) is 15. The third-order valence-corrected chi connectivity index (χ3v) is 10.9. The van der Waals surface area contributed by atoms with E-state index >= 15 is 0 Å². The highest BCUT2D eigenvalue weighted by molar-refractivity contribution is 7.99. The van der Waals surface area contributed by atoms with E-state index in [4.69, 9.17) is 45.4 Å². The van der Waals surface area contributed by atoms with Gasteiger partial charge >= 0.3 is 29.8 Å². The number of anilines is 1. The lowest BCUT2D eigenvalue weighted by Gasteiger charge is -2.44. The van der Waals surface area contributed by atoms with Gasteiger partial charge in [-0.25, -0.2) is 4.79 Å². The second-order valence-corrected chi connectivity index (χ2v) is 15.7. The Kier molecular flexibility index (Phi) is 16.0. The van der Waals surface area contributed by atoms with Gasteiger partial charge in [0.1, 0.15) is 18.8 Å². The van der Waals surface area contributed by atoms with Crippen molar-refractivity contribution in [1.82, 2.24) is 0 Å². The minimum absolute atomic E-state index is 0.0643. The number of rotatable bonds is 15. The minimum Gasteiger partial charge on any atom is -0.478 e. The summed E-state index contributed by atoms with van der Waals surface area (Å²) >= 11 is 7.31. The predicted octanol–water partition coefficient (Wildman–Crippen LogP) is 5.72. The number of benzene rings is 3. The highest BCUT2D eigenvalue weighted by Crippen LogP contribution is 2.43. The van der Waals surface area contributed by atoms with Gasteiger partial charge in [0.25, 0.3) is 0 Å². The van der Waals surface area contributed by atoms with E-state index in [2.05, 4.69) is 5.32 Å². The lowest BCUT2D eigenvalue weighted by atomic mass is 9.91. The molecular weight excluding hydrogens is 807 g/mol. The fraction of sp³-hybridized carbons (Fsp3) is 0.429. The van der Waals surface area contributed by atoms with Crippen molar-refractivity contribution in [2.45, 2.75) is 102 Å². The van der Waals surface area contributed by atoms with Crippen molar-refractivity contribution in [3.05, 3.63) is 95.1 Å². The van der Waals surface area contributed by atoms with Crippen LogP contribution in [0.4, 0.5) is 5.69 Å². The largest absolute Gasteiger partial charge is 0.478 e. The Labute approximate surface area is 351 Å². The van der Waals surface area contributed by atoms with Crippen molar-refractivity contribution in [1.29, 1.82) is 0 Å². The van der Waals surface area contributed by atoms with E-state index < -0.39 is 66.7 Å². The van der Waals surface area contributed by atoms with Crippen molar-refractivity contribution in [3.8, 4) is 0 Å². The van der Waals surface area contributed by atoms with Crippen LogP contribution in [-0.2, 0) is 58.9 Å². The molecule has 316 valence electrons. The summed E-state index contributed by atoms with van der Waals surface area (Å²) in [6.07, 6.45) is -7.60. The van der Waals surface area contributed by atoms with Gasteiger partial charge in [0.05, 0.1) is 29.4 Å². The van der Waals surface area contributed by atoms with E-state index in [1.54, 1.807) is 36.4 Å². The molecule has 3 aromatic rings. The molecular formula is C42H47NO14S2. The van der Waals surface area contributed by atoms with Gasteiger partial charge in [0, 0.05) is 61.9 Å². The maximum absolute atomic E-state index is 12.3. The molecule has 1 unspecified atom stereocenters. The van der Waals surface area contributed by atoms with Crippen LogP contribution in [0.5, 0.6) is 0 Å². The number of hydrogen-bond donors (Lipinski definition) is 3. The molecule has 2 aliphatic rings. The molecule has 0 bridgehead atoms. The Morgan fingerprint density at radius 2 is 1.37 bits per heavy atom. The summed E-state index contributed by atoms with van der Waals surface area (Å²) in [7, 11) is 0. The van der Waals surface area contributed by atoms with Gasteiger partial charge in [-0.3, -0.25) is 19.2 Å². The Bertz CT molecular complexity index is 1980. The second-order valence-electron chi connectivity index (χ2n) is 14.1. The number of carboxylic acid groups (broad SMARTS) is 1. The summed E-state index contributed by atoms with van der Waals surface area (Å²) in [5.41, 5.74) is 3.11. The summed E-state index contributed by atoms with van der Waals surface area (Å²) in [5, 5.41) is 22.1. The van der Waals surface area contributed by atoms with Crippen LogP contribution in [0.1, 0.15) is 80.5 Å². The van der Waals surface area contributed by atoms with Crippen LogP contribution < -0.4 is 5.32 Å². The van der Waals surface area contributed by atoms with E-state index in [-0.39, 0.29) is 48.3 Å². The summed E-state index contributed by atoms with van der Waals surface area (Å²) in [6.45, 7) is 6.26. The molecule has 0 aliphatic carbocycles. The molecule has 2 saturated heterocycles. The highest BCUT2D eigenvalue weighted by atomic mass is 32.2. The first-order chi connectivity index (χ1) is 28.1. The molecule has 2 fully saturated rings. The number of carbonyl (C=O) groups excluding carboxylic acids is 4. The molecule has 17 heteroatoms. The molecule has 15 nitrogen and oxygen atoms in total. The Morgan fingerprint density at radius 1 is 0.746 bits per heavy atom. The van der Waals surface area contributed by atoms with Crippen molar-refractivity contribution in [3.63, 3.8) is 0 Å². The molecule has 9 atom stereocenters. The van der Waals surface area contributed by atoms with E-state index in [0.717, 1.165) is 29.9 Å². The first-order valence-electron chi connectivity index (χ1n) is 18.8. The van der Waals surface area contributed by atoms with E-state index in [1.807, 2.05) is 43.3 Å². The van der Waals surface area contributed by atoms with Gasteiger partial charge in [-0.2, -0.15) is 0 Å². The van der Waals surface area contributed by atoms with Crippen LogP contribution in [-0.4, -0.2) is 94.0 Å². The number of carbonyl (C=O) groups is 5. The smallest absolute Gasteiger partial charge is 0.335 e. The molecule has 3 aromatic carbocycles. The van der Waals surface area contributed by atoms with Gasteiger partial charge in [-0.15, -0.1) is 11.8 Å². The lowest BCUT2D eigenvalue weighted by Crippen LogP contribution is -2.62. The van der Waals surface area contributed by atoms with Gasteiger partial charge in [0.15, 0.2) is 24.6 Å². The lowest BCUT2D eigenvalue weighted by molar-refractivity contribution is -0.268. The number of aromatic carboxylic acids is 1. The number of esters is 4. The first-order valence-corrected chi connectivity index (χ1v) is 20.2. The zero-order chi connectivity index (χ0) is 42.8. The molecule has 0 saturated carbocycles. The molecule has 0 spiro atoms. The fourth-order valence-corrected chi connectivity index (χ4v) is 8.17. The van der Waals surface area contributed by atoms with Gasteiger partial charge in [-0.05, 0) is 47.5 Å². The zero-order valence-corrected chi connectivity index (χ0v) is 34.7. The van der Waals surface area contributed by atoms with Crippen LogP contribution >= 0.6 is 24.0 Å². The summed E-state index contributed by atoms with van der Waals surface area (Å²) in [4.78, 5) is 60.9. The third kappa shape index (κ3) is 12.5. The molecule has 0 radical (unpaired) electrons. The first kappa shape index (κ1) is 45.2. The van der Waals surface area contributed by atoms with Crippen LogP contribution in [0, 0.1) is 5.92 Å². The van der Waals surface area contributed by atoms with Crippen molar-refractivity contribution in [2.24, 2.45) is 5.92 Å². The van der Waals surface area contributed by atoms with Crippen molar-refractivity contribution >= 4 is 64.5 Å². The normalized spacial score (nSPS) is 25.2. The van der Waals surface area contributed by atoms with Gasteiger partial charge in [-0.1, -0.05) is 55.5 Å². The number of aliphatic hydroxyl groups excluding tert-OH is 1. The Morgan fingerprint density at radius 3 is 1.97 bits per heavy atom. The number of thiocarbonyl (C=S) groups is 1. The minimum atomic E-state index is -1.32. The topological polar surface area (TPSA) is 202 Å². The second kappa shape index (κ2) is 20.9. The van der Waals surface area contributed by atoms with Crippen molar-refractivity contribution < 1.29 is 67.3 Å². The standard InChI is InChI=1S/C42H47NO14S2/c1-22-35(21-59-32-15-13-29(14-16-32)41(49)50)56-42(57-37(22)28-11-9-27(19-44)10-12-28)30-7-6-8-31(17-30)43-36(58)18-33-38(52-24(3)46)40(54-26(5)48)39(53-25(4)47)34(55-33)20-51-23(2)45/h6-17,22,33-35,37-40,42,44H,18-21H2,1-5H3,(H,43,58)(H,49,50)/t22-,33-,34+,35+,37+,38-,39+,40+,42?/m0/s1. The predicted molar refractivity (Wildman–Crippen MR) is 216 cm³/mol. The third-order valence-electron chi connectivity index (χ3n) is 9.56. The number of nitrogens with one attached hydrogen (secondary N) is 1. The molecule has 5 rings (SSSR count). The number of thioether (sulfide) groups is 1. The summed E-state index contributed by atoms with van der Waals surface area (Å²) < 4.78 is 41.3. The van der Waals surface area contributed by atoms with Crippen molar-refractivity contribution in [2.75, 3.05) is 17.7 Å². The van der Waals surface area contributed by atoms with E-state index in [0.29, 0.717) is 17.0 Å². The van der Waals surface area contributed by atoms with Crippen LogP contribution in [0.2, 0.25) is 0 Å². The van der Waals surface area contributed by atoms with Crippen LogP contribution in [0.15, 0.2) is 77.7 Å². The quantitative estimate of drug-likeness (QED) is 0.0725. The van der Waals surface area contributed by atoms with E-state index in [9.17, 15) is 34.2 Å². The number of ether oxygens (including phenoxy) is 7. The average Bonchev–Trinajstić information content (AvgIpc) is 3.18. The maximum Gasteiger partial charge on any atom is 0.335 e. The molecule has 2 heterocycles. The zero-order valence-electron chi connectivity index (χ0n) is 33.1. The molecule has 59 heavy (non-hydrogen) atoms. The Hall–Kier alpha value is -4.91. The monoisotopic (exact) mass is 853 g/mol. The Balaban J connectivity index is 1.37. The van der Waals surface area contributed by atoms with Gasteiger partial charge in [0.2, 0.25) is 0 Å². The highest BCUT2D eigenvalue weighted by Gasteiger charge is 2.52.